The topological polar surface area (TPSA) is 72.2 Å². The second kappa shape index (κ2) is 7.90. The maximum atomic E-state index is 12.3. The first-order valence-corrected chi connectivity index (χ1v) is 10.2. The minimum Gasteiger partial charge on any atom is -0.326 e. The molecule has 0 saturated carbocycles. The van der Waals surface area contributed by atoms with E-state index in [1.54, 1.807) is 15.9 Å². The van der Waals surface area contributed by atoms with Gasteiger partial charge in [0.1, 0.15) is 0 Å². The van der Waals surface area contributed by atoms with Crippen LogP contribution in [-0.2, 0) is 4.79 Å². The predicted octanol–water partition coefficient (Wildman–Crippen LogP) is 4.89. The highest BCUT2D eigenvalue weighted by molar-refractivity contribution is 7.13. The number of nitrogens with one attached hydrogen (secondary N) is 1. The maximum Gasteiger partial charge on any atom is 0.227 e. The first-order valence-electron chi connectivity index (χ1n) is 9.37. The van der Waals surface area contributed by atoms with E-state index >= 15 is 0 Å². The van der Waals surface area contributed by atoms with Gasteiger partial charge in [0.2, 0.25) is 5.91 Å². The smallest absolute Gasteiger partial charge is 0.227 e. The van der Waals surface area contributed by atoms with E-state index in [9.17, 15) is 4.79 Å². The molecule has 4 rings (SSSR count). The van der Waals surface area contributed by atoms with Gasteiger partial charge in [-0.1, -0.05) is 32.0 Å². The van der Waals surface area contributed by atoms with Gasteiger partial charge in [-0.15, -0.1) is 21.5 Å². The highest BCUT2D eigenvalue weighted by atomic mass is 32.1. The van der Waals surface area contributed by atoms with Crippen LogP contribution in [0.2, 0.25) is 0 Å². The van der Waals surface area contributed by atoms with E-state index in [1.165, 1.54) is 0 Å². The summed E-state index contributed by atoms with van der Waals surface area (Å²) < 4.78 is 1.77. The Morgan fingerprint density at radius 3 is 2.54 bits per heavy atom. The second-order valence-electron chi connectivity index (χ2n) is 6.57. The monoisotopic (exact) mass is 391 g/mol. The molecule has 0 fully saturated rings. The van der Waals surface area contributed by atoms with Crippen LogP contribution in [0.25, 0.3) is 27.6 Å². The van der Waals surface area contributed by atoms with Crippen molar-refractivity contribution in [3.8, 4) is 22.0 Å². The molecule has 6 nitrogen and oxygen atoms in total. The average Bonchev–Trinajstić information content (AvgIpc) is 3.38. The second-order valence-corrected chi connectivity index (χ2v) is 7.52. The van der Waals surface area contributed by atoms with Crippen LogP contribution in [-0.4, -0.2) is 25.7 Å². The zero-order chi connectivity index (χ0) is 19.5. The normalized spacial score (nSPS) is 11.2. The van der Waals surface area contributed by atoms with Crippen molar-refractivity contribution in [3.05, 3.63) is 53.9 Å². The number of anilines is 1. The Morgan fingerprint density at radius 1 is 1.07 bits per heavy atom. The number of amides is 1. The Kier molecular flexibility index (Phi) is 5.16. The lowest BCUT2D eigenvalue weighted by atomic mass is 10.0. The zero-order valence-corrected chi connectivity index (χ0v) is 16.6. The Labute approximate surface area is 167 Å². The SMILES string of the molecule is CCC(CC)C(=O)Nc1ccc(-c2ccc3nnc(-c4cccs4)n3n2)cc1. The Bertz CT molecular complexity index is 1080. The Hall–Kier alpha value is -3.06. The number of nitrogens with zero attached hydrogens (tertiary/aromatic N) is 4. The molecule has 0 aliphatic heterocycles. The van der Waals surface area contributed by atoms with Gasteiger partial charge in [0.25, 0.3) is 0 Å². The number of carbonyl (C=O) groups excluding carboxylic acids is 1. The van der Waals surface area contributed by atoms with Crippen LogP contribution in [0, 0.1) is 5.92 Å². The van der Waals surface area contributed by atoms with Crippen molar-refractivity contribution >= 4 is 28.6 Å². The van der Waals surface area contributed by atoms with Gasteiger partial charge in [-0.25, -0.2) is 0 Å². The molecule has 7 heteroatoms. The molecule has 1 N–H and O–H groups in total. The lowest BCUT2D eigenvalue weighted by Crippen LogP contribution is -2.21. The molecular weight excluding hydrogens is 370 g/mol. The molecule has 0 aliphatic carbocycles. The quantitative estimate of drug-likeness (QED) is 0.508. The number of rotatable bonds is 6. The van der Waals surface area contributed by atoms with Crippen molar-refractivity contribution in [2.75, 3.05) is 5.32 Å². The molecular formula is C21H21N5OS. The summed E-state index contributed by atoms with van der Waals surface area (Å²) in [5, 5.41) is 18.2. The summed E-state index contributed by atoms with van der Waals surface area (Å²) in [6.45, 7) is 4.07. The molecule has 0 spiro atoms. The summed E-state index contributed by atoms with van der Waals surface area (Å²) >= 11 is 1.61. The number of carbonyl (C=O) groups is 1. The van der Waals surface area contributed by atoms with Crippen LogP contribution in [0.1, 0.15) is 26.7 Å². The van der Waals surface area contributed by atoms with E-state index in [1.807, 2.05) is 67.8 Å². The lowest BCUT2D eigenvalue weighted by Gasteiger charge is -2.13. The third-order valence-corrected chi connectivity index (χ3v) is 5.67. The van der Waals surface area contributed by atoms with Gasteiger partial charge in [0.15, 0.2) is 11.5 Å². The van der Waals surface area contributed by atoms with Crippen molar-refractivity contribution < 1.29 is 4.79 Å². The van der Waals surface area contributed by atoms with Crippen molar-refractivity contribution in [2.24, 2.45) is 5.92 Å². The van der Waals surface area contributed by atoms with Crippen LogP contribution >= 0.6 is 11.3 Å². The minimum absolute atomic E-state index is 0.0492. The van der Waals surface area contributed by atoms with E-state index in [2.05, 4.69) is 15.5 Å². The molecule has 1 aromatic carbocycles. The van der Waals surface area contributed by atoms with E-state index in [0.29, 0.717) is 5.65 Å². The van der Waals surface area contributed by atoms with Crippen LogP contribution < -0.4 is 5.32 Å². The van der Waals surface area contributed by atoms with Crippen molar-refractivity contribution in [1.82, 2.24) is 19.8 Å². The fourth-order valence-electron chi connectivity index (χ4n) is 3.13. The molecule has 28 heavy (non-hydrogen) atoms. The molecule has 4 aromatic rings. The molecule has 0 radical (unpaired) electrons. The highest BCUT2D eigenvalue weighted by Crippen LogP contribution is 2.25. The lowest BCUT2D eigenvalue weighted by molar-refractivity contribution is -0.120. The van der Waals surface area contributed by atoms with Gasteiger partial charge < -0.3 is 5.32 Å². The summed E-state index contributed by atoms with van der Waals surface area (Å²) in [6, 6.07) is 15.6. The van der Waals surface area contributed by atoms with E-state index in [0.717, 1.165) is 40.5 Å². The predicted molar refractivity (Wildman–Crippen MR) is 112 cm³/mol. The van der Waals surface area contributed by atoms with E-state index in [-0.39, 0.29) is 11.8 Å². The van der Waals surface area contributed by atoms with Gasteiger partial charge in [-0.3, -0.25) is 4.79 Å². The third-order valence-electron chi connectivity index (χ3n) is 4.81. The van der Waals surface area contributed by atoms with Crippen LogP contribution in [0.15, 0.2) is 53.9 Å². The van der Waals surface area contributed by atoms with Crippen LogP contribution in [0.4, 0.5) is 5.69 Å². The van der Waals surface area contributed by atoms with Crippen LogP contribution in [0.3, 0.4) is 0 Å². The molecule has 0 unspecified atom stereocenters. The number of benzene rings is 1. The van der Waals surface area contributed by atoms with Crippen LogP contribution in [0.5, 0.6) is 0 Å². The summed E-state index contributed by atoms with van der Waals surface area (Å²) in [5.41, 5.74) is 3.29. The standard InChI is InChI=1S/C21H21N5OS/c1-3-14(4-2)21(27)22-16-9-7-15(8-10-16)17-11-12-19-23-24-20(26(19)25-17)18-6-5-13-28-18/h5-14H,3-4H2,1-2H3,(H,22,27). The molecule has 1 amide bonds. The summed E-state index contributed by atoms with van der Waals surface area (Å²) in [7, 11) is 0. The van der Waals surface area contributed by atoms with Gasteiger partial charge in [-0.05, 0) is 48.6 Å². The van der Waals surface area contributed by atoms with Crippen molar-refractivity contribution in [3.63, 3.8) is 0 Å². The fraction of sp³-hybridized carbons (Fsp3) is 0.238. The number of aromatic nitrogens is 4. The van der Waals surface area contributed by atoms with Gasteiger partial charge >= 0.3 is 0 Å². The van der Waals surface area contributed by atoms with Gasteiger partial charge in [0.05, 0.1) is 10.6 Å². The van der Waals surface area contributed by atoms with E-state index < -0.39 is 0 Å². The summed E-state index contributed by atoms with van der Waals surface area (Å²) in [4.78, 5) is 13.3. The first-order chi connectivity index (χ1) is 13.7. The Morgan fingerprint density at radius 2 is 1.86 bits per heavy atom. The Balaban J connectivity index is 1.60. The van der Waals surface area contributed by atoms with Gasteiger partial charge in [0, 0.05) is 17.2 Å². The maximum absolute atomic E-state index is 12.3. The number of hydrogen-bond acceptors (Lipinski definition) is 5. The fourth-order valence-corrected chi connectivity index (χ4v) is 3.82. The molecule has 0 atom stereocenters. The molecule has 0 bridgehead atoms. The largest absolute Gasteiger partial charge is 0.326 e. The van der Waals surface area contributed by atoms with E-state index in [4.69, 9.17) is 5.10 Å². The molecule has 0 saturated heterocycles. The molecule has 3 aromatic heterocycles. The van der Waals surface area contributed by atoms with Gasteiger partial charge in [-0.2, -0.15) is 9.61 Å². The van der Waals surface area contributed by atoms with Crippen molar-refractivity contribution in [1.29, 1.82) is 0 Å². The molecule has 0 aliphatic rings. The number of hydrogen-bond donors (Lipinski definition) is 1. The highest BCUT2D eigenvalue weighted by Gasteiger charge is 2.14. The number of thiophene rings is 1. The minimum atomic E-state index is 0.0492. The first kappa shape index (κ1) is 18.3. The average molecular weight is 392 g/mol. The third kappa shape index (κ3) is 3.53. The number of fused-ring (bicyclic) bond motifs is 1. The van der Waals surface area contributed by atoms with Crippen molar-refractivity contribution in [2.45, 2.75) is 26.7 Å². The summed E-state index contributed by atoms with van der Waals surface area (Å²) in [6.07, 6.45) is 1.69. The molecule has 142 valence electrons. The summed E-state index contributed by atoms with van der Waals surface area (Å²) in [5.74, 6) is 0.858. The zero-order valence-electron chi connectivity index (χ0n) is 15.8. The molecule has 3 heterocycles.